The van der Waals surface area contributed by atoms with Crippen molar-refractivity contribution in [2.75, 3.05) is 18.4 Å². The Bertz CT molecular complexity index is 1260. The summed E-state index contributed by atoms with van der Waals surface area (Å²) >= 11 is 30.6. The highest BCUT2D eigenvalue weighted by molar-refractivity contribution is 6.53. The highest BCUT2D eigenvalue weighted by Gasteiger charge is 2.67. The van der Waals surface area contributed by atoms with Crippen molar-refractivity contribution in [3.05, 3.63) is 63.2 Å². The maximum atomic E-state index is 12.9. The number of rotatable bonds is 12. The molecule has 2 unspecified atom stereocenters. The van der Waals surface area contributed by atoms with Gasteiger partial charge in [-0.3, -0.25) is 14.4 Å². The Kier molecular flexibility index (Phi) is 12.0. The summed E-state index contributed by atoms with van der Waals surface area (Å²) in [5, 5.41) is 7.36. The second-order valence-corrected chi connectivity index (χ2v) is 11.8. The zero-order valence-electron chi connectivity index (χ0n) is 21.1. The van der Waals surface area contributed by atoms with E-state index in [4.69, 9.17) is 58.0 Å². The third-order valence-electron chi connectivity index (χ3n) is 5.69. The second-order valence-electron chi connectivity index (χ2n) is 8.94. The summed E-state index contributed by atoms with van der Waals surface area (Å²) in [6, 6.07) is 4.11. The van der Waals surface area contributed by atoms with Gasteiger partial charge in [0.1, 0.15) is 4.33 Å². The molecule has 41 heavy (non-hydrogen) atoms. The predicted molar refractivity (Wildman–Crippen MR) is 150 cm³/mol. The lowest BCUT2D eigenvalue weighted by molar-refractivity contribution is -0.269. The average Bonchev–Trinajstić information content (AvgIpc) is 3.42. The Morgan fingerprint density at radius 1 is 1.00 bits per heavy atom. The molecule has 1 aliphatic rings. The van der Waals surface area contributed by atoms with Crippen LogP contribution in [0.4, 0.5) is 27.6 Å². The largest absolute Gasteiger partial charge is 0.463 e. The minimum absolute atomic E-state index is 0.00158. The molecule has 2 atom stereocenters. The molecule has 3 N–H and O–H groups in total. The van der Waals surface area contributed by atoms with Crippen molar-refractivity contribution in [2.24, 2.45) is 11.8 Å². The number of anilines is 1. The molecule has 2 rings (SSSR count). The quantitative estimate of drug-likeness (QED) is 0.0932. The van der Waals surface area contributed by atoms with Crippen LogP contribution in [0.3, 0.4) is 0 Å². The van der Waals surface area contributed by atoms with Gasteiger partial charge in [0.15, 0.2) is 0 Å². The van der Waals surface area contributed by atoms with Gasteiger partial charge in [-0.2, -0.15) is 22.0 Å². The molecule has 226 valence electrons. The van der Waals surface area contributed by atoms with Gasteiger partial charge in [-0.15, -0.1) is 23.2 Å². The first-order valence-electron chi connectivity index (χ1n) is 11.7. The maximum Gasteiger partial charge on any atom is 0.463 e. The fourth-order valence-electron chi connectivity index (χ4n) is 3.60. The Morgan fingerprint density at radius 3 is 2.15 bits per heavy atom. The minimum atomic E-state index is -6.00. The van der Waals surface area contributed by atoms with Crippen LogP contribution < -0.4 is 16.0 Å². The summed E-state index contributed by atoms with van der Waals surface area (Å²) in [6.07, 6.45) is -2.90. The summed E-state index contributed by atoms with van der Waals surface area (Å²) < 4.78 is 60.9. The highest BCUT2D eigenvalue weighted by atomic mass is 35.5. The van der Waals surface area contributed by atoms with E-state index in [2.05, 4.69) is 17.2 Å². The number of unbranched alkanes of at least 4 members (excludes halogenated alkanes) is 1. The van der Waals surface area contributed by atoms with Crippen LogP contribution in [0.25, 0.3) is 0 Å². The minimum Gasteiger partial charge on any atom is -0.352 e. The van der Waals surface area contributed by atoms with Crippen molar-refractivity contribution in [1.29, 1.82) is 0 Å². The van der Waals surface area contributed by atoms with E-state index >= 15 is 0 Å². The van der Waals surface area contributed by atoms with Crippen molar-refractivity contribution in [3.63, 3.8) is 0 Å². The maximum absolute atomic E-state index is 12.9. The second kappa shape index (κ2) is 13.9. The van der Waals surface area contributed by atoms with Crippen molar-refractivity contribution < 1.29 is 36.3 Å². The van der Waals surface area contributed by atoms with E-state index in [0.29, 0.717) is 10.6 Å². The zero-order valence-corrected chi connectivity index (χ0v) is 24.9. The van der Waals surface area contributed by atoms with Gasteiger partial charge in [0, 0.05) is 34.8 Å². The summed E-state index contributed by atoms with van der Waals surface area (Å²) in [4.78, 5) is 36.5. The number of alkyl halides is 7. The Balaban J connectivity index is 1.91. The number of amides is 3. The van der Waals surface area contributed by atoms with Gasteiger partial charge in [-0.05, 0) is 55.7 Å². The number of benzene rings is 1. The average molecular weight is 686 g/mol. The van der Waals surface area contributed by atoms with E-state index in [1.165, 1.54) is 35.7 Å². The van der Waals surface area contributed by atoms with Crippen LogP contribution in [-0.2, 0) is 9.59 Å². The van der Waals surface area contributed by atoms with Gasteiger partial charge in [0.25, 0.3) is 11.8 Å². The van der Waals surface area contributed by atoms with Gasteiger partial charge >= 0.3 is 12.1 Å². The fourth-order valence-corrected chi connectivity index (χ4v) is 5.14. The topological polar surface area (TPSA) is 87.3 Å². The highest BCUT2D eigenvalue weighted by Crippen LogP contribution is 2.62. The molecule has 0 aromatic heterocycles. The molecule has 16 heteroatoms. The van der Waals surface area contributed by atoms with Crippen molar-refractivity contribution in [3.8, 4) is 0 Å². The fraction of sp³-hybridized carbons (Fsp3) is 0.400. The monoisotopic (exact) mass is 683 g/mol. The normalized spacial score (nSPS) is 18.9. The van der Waals surface area contributed by atoms with Crippen LogP contribution in [-0.4, -0.2) is 47.2 Å². The zero-order chi connectivity index (χ0) is 31.3. The summed E-state index contributed by atoms with van der Waals surface area (Å²) in [5.41, 5.74) is 0.590. The first-order chi connectivity index (χ1) is 18.8. The van der Waals surface area contributed by atoms with Crippen LogP contribution in [0.5, 0.6) is 0 Å². The molecule has 1 aliphatic carbocycles. The molecule has 0 bridgehead atoms. The molecular formula is C25H23Cl5F5N3O3. The molecule has 3 amide bonds. The van der Waals surface area contributed by atoms with Gasteiger partial charge in [-0.1, -0.05) is 41.4 Å². The molecule has 1 saturated carbocycles. The lowest BCUT2D eigenvalue weighted by Gasteiger charge is -2.18. The van der Waals surface area contributed by atoms with E-state index in [0.717, 1.165) is 0 Å². The summed E-state index contributed by atoms with van der Waals surface area (Å²) in [6.45, 7) is 5.02. The van der Waals surface area contributed by atoms with Crippen LogP contribution in [0.15, 0.2) is 52.6 Å². The van der Waals surface area contributed by atoms with E-state index in [9.17, 15) is 36.3 Å². The van der Waals surface area contributed by atoms with Crippen LogP contribution in [0.2, 0.25) is 5.02 Å². The molecule has 0 aliphatic heterocycles. The van der Waals surface area contributed by atoms with Gasteiger partial charge in [0.05, 0.1) is 16.5 Å². The molecule has 1 aromatic rings. The van der Waals surface area contributed by atoms with E-state index in [1.807, 2.05) is 0 Å². The first kappa shape index (κ1) is 35.1. The SMILES string of the molecule is C=C(/C=C(Cl)\C=C(/C)Cl)C1C(C(=O)Nc2ccc(Cl)c(C(=O)NCCCCNC(=O)C(F)(F)C(F)(F)F)c2)C1(Cl)Cl. The van der Waals surface area contributed by atoms with Crippen molar-refractivity contribution >= 4 is 81.4 Å². The molecule has 6 nitrogen and oxygen atoms in total. The Hall–Kier alpha value is -2.05. The van der Waals surface area contributed by atoms with Gasteiger partial charge in [0.2, 0.25) is 5.91 Å². The smallest absolute Gasteiger partial charge is 0.352 e. The summed E-state index contributed by atoms with van der Waals surface area (Å²) in [5.74, 6) is -10.7. The molecule has 0 radical (unpaired) electrons. The predicted octanol–water partition coefficient (Wildman–Crippen LogP) is 7.34. The van der Waals surface area contributed by atoms with E-state index in [1.54, 1.807) is 6.92 Å². The van der Waals surface area contributed by atoms with Crippen molar-refractivity contribution in [1.82, 2.24) is 10.6 Å². The number of hydrogen-bond acceptors (Lipinski definition) is 3. The molecule has 0 spiro atoms. The molecule has 0 saturated heterocycles. The molecule has 1 aromatic carbocycles. The number of halogens is 10. The van der Waals surface area contributed by atoms with Crippen LogP contribution in [0, 0.1) is 11.8 Å². The lowest BCUT2D eigenvalue weighted by Crippen LogP contribution is -2.50. The van der Waals surface area contributed by atoms with Crippen LogP contribution >= 0.6 is 58.0 Å². The lowest BCUT2D eigenvalue weighted by atomic mass is 10.1. The van der Waals surface area contributed by atoms with Gasteiger partial charge in [-0.25, -0.2) is 0 Å². The Morgan fingerprint density at radius 2 is 1.59 bits per heavy atom. The molecule has 1 fully saturated rings. The first-order valence-corrected chi connectivity index (χ1v) is 13.6. The number of nitrogens with one attached hydrogen (secondary N) is 3. The summed E-state index contributed by atoms with van der Waals surface area (Å²) in [7, 11) is 0. The van der Waals surface area contributed by atoms with Crippen LogP contribution in [0.1, 0.15) is 30.1 Å². The molecular weight excluding hydrogens is 663 g/mol. The number of carbonyl (C=O) groups excluding carboxylic acids is 3. The third-order valence-corrected chi connectivity index (χ3v) is 7.29. The van der Waals surface area contributed by atoms with E-state index < -0.39 is 52.5 Å². The van der Waals surface area contributed by atoms with Crippen molar-refractivity contribution in [2.45, 2.75) is 36.2 Å². The standard InChI is InChI=1S/C25H23Cl5F5N3O3/c1-12(9-14(27)10-13(2)26)18-19(23(18,29)30)21(40)38-15-5-6-17(28)16(11-15)20(39)36-7-3-4-8-37-22(41)24(31,32)25(33,34)35/h5-6,9-11,18-19H,1,3-4,7-8H2,2H3,(H,36,39)(H,37,41)(H,38,40)/b13-10+,14-9+. The number of carbonyl (C=O) groups is 3. The number of hydrogen-bond donors (Lipinski definition) is 3. The third kappa shape index (κ3) is 9.22. The van der Waals surface area contributed by atoms with E-state index in [-0.39, 0.29) is 40.7 Å². The Labute approximate surface area is 257 Å². The van der Waals surface area contributed by atoms with Gasteiger partial charge < -0.3 is 16.0 Å². The number of allylic oxidation sites excluding steroid dienone is 5. The molecule has 0 heterocycles.